The highest BCUT2D eigenvalue weighted by Gasteiger charge is 2.28. The second-order valence-electron chi connectivity index (χ2n) is 6.75. The first-order valence-corrected chi connectivity index (χ1v) is 8.49. The molecule has 100 valence electrons. The monoisotopic (exact) mass is 255 g/mol. The lowest BCUT2D eigenvalue weighted by Crippen LogP contribution is -2.35. The van der Waals surface area contributed by atoms with E-state index in [0.29, 0.717) is 0 Å². The van der Waals surface area contributed by atoms with Crippen molar-refractivity contribution in [2.75, 3.05) is 0 Å². The Bertz CT molecular complexity index is 276. The zero-order chi connectivity index (χ0) is 13.2. The summed E-state index contributed by atoms with van der Waals surface area (Å²) in [6.45, 7) is 16.4. The van der Waals surface area contributed by atoms with Crippen molar-refractivity contribution in [3.8, 4) is 0 Å². The number of hydrogen-bond acceptors (Lipinski definition) is 1. The third kappa shape index (κ3) is 4.28. The van der Waals surface area contributed by atoms with E-state index in [1.165, 1.54) is 19.3 Å². The lowest BCUT2D eigenvalue weighted by atomic mass is 10.1. The zero-order valence-corrected chi connectivity index (χ0v) is 13.6. The van der Waals surface area contributed by atoms with Crippen molar-refractivity contribution in [1.82, 2.24) is 5.32 Å². The van der Waals surface area contributed by atoms with Crippen LogP contribution in [-0.4, -0.2) is 16.9 Å². The van der Waals surface area contributed by atoms with Crippen LogP contribution in [0, 0.1) is 0 Å². The van der Waals surface area contributed by atoms with Crippen molar-refractivity contribution in [1.29, 1.82) is 0 Å². The summed E-state index contributed by atoms with van der Waals surface area (Å²) in [5, 5.41) is 5.53. The molecule has 0 aromatic carbocycles. The van der Waals surface area contributed by atoms with Crippen LogP contribution < -0.4 is 5.32 Å². The van der Waals surface area contributed by atoms with Crippen molar-refractivity contribution in [2.45, 2.75) is 84.6 Å². The van der Waals surface area contributed by atoms with E-state index >= 15 is 0 Å². The van der Waals surface area contributed by atoms with E-state index in [4.69, 9.17) is 0 Å². The summed E-state index contributed by atoms with van der Waals surface area (Å²) in [6, 6.07) is 0. The fourth-order valence-electron chi connectivity index (χ4n) is 2.82. The molecule has 0 fully saturated rings. The maximum absolute atomic E-state index is 3.75. The quantitative estimate of drug-likeness (QED) is 0.692. The number of nitrogens with one attached hydrogen (secondary N) is 1. The molecule has 1 rings (SSSR count). The molecule has 1 aliphatic rings. The molecule has 0 atom stereocenters. The summed E-state index contributed by atoms with van der Waals surface area (Å²) in [6.07, 6.45) is 3.96. The normalized spacial score (nSPS) is 17.8. The van der Waals surface area contributed by atoms with Crippen LogP contribution in [-0.2, 0) is 0 Å². The molecule has 17 heavy (non-hydrogen) atoms. The third-order valence-electron chi connectivity index (χ3n) is 3.14. The van der Waals surface area contributed by atoms with E-state index in [2.05, 4.69) is 53.8 Å². The Balaban J connectivity index is 2.94. The number of hydrogen-bond donors (Lipinski definition) is 1. The molecule has 1 aliphatic carbocycles. The second kappa shape index (κ2) is 5.74. The predicted molar refractivity (Wildman–Crippen MR) is 81.0 cm³/mol. The Kier molecular flexibility index (Phi) is 5.07. The van der Waals surface area contributed by atoms with Gasteiger partial charge in [-0.15, -0.1) is 0 Å². The lowest BCUT2D eigenvalue weighted by molar-refractivity contribution is 0.466. The highest BCUT2D eigenvalue weighted by molar-refractivity contribution is 7.63. The molecule has 2 heteroatoms. The average molecular weight is 255 g/mol. The summed E-state index contributed by atoms with van der Waals surface area (Å²) >= 11 is 0. The SMILES string of the molecule is CC(C)P(C1=C(NC(C)(C)C)CCC1)C(C)C. The van der Waals surface area contributed by atoms with E-state index in [0.717, 1.165) is 11.3 Å². The third-order valence-corrected chi connectivity index (χ3v) is 6.48. The highest BCUT2D eigenvalue weighted by Crippen LogP contribution is 2.58. The standard InChI is InChI=1S/C15H30NP/c1-11(2)17(12(3)4)14-10-8-9-13(14)16-15(5,6)7/h11-12,16H,8-10H2,1-7H3. The minimum absolute atomic E-state index is 0.0450. The van der Waals surface area contributed by atoms with Gasteiger partial charge >= 0.3 is 0 Å². The summed E-state index contributed by atoms with van der Waals surface area (Å²) in [4.78, 5) is 0. The molecule has 0 saturated carbocycles. The molecule has 0 aromatic rings. The summed E-state index contributed by atoms with van der Waals surface area (Å²) in [5.74, 6) is 0. The number of rotatable bonds is 4. The van der Waals surface area contributed by atoms with Gasteiger partial charge in [0.15, 0.2) is 0 Å². The minimum atomic E-state index is 0.0450. The average Bonchev–Trinajstić information content (AvgIpc) is 2.48. The van der Waals surface area contributed by atoms with Crippen LogP contribution in [0.15, 0.2) is 11.0 Å². The van der Waals surface area contributed by atoms with Crippen molar-refractivity contribution >= 4 is 7.92 Å². The van der Waals surface area contributed by atoms with Crippen LogP contribution in [0.4, 0.5) is 0 Å². The fourth-order valence-corrected chi connectivity index (χ4v) is 6.15. The smallest absolute Gasteiger partial charge is 0.0286 e. The van der Waals surface area contributed by atoms with Crippen LogP contribution in [0.5, 0.6) is 0 Å². The van der Waals surface area contributed by atoms with Crippen LogP contribution in [0.2, 0.25) is 0 Å². The first kappa shape index (κ1) is 15.0. The minimum Gasteiger partial charge on any atom is -0.383 e. The molecule has 0 amide bonds. The van der Waals surface area contributed by atoms with Crippen LogP contribution in [0.3, 0.4) is 0 Å². The fraction of sp³-hybridized carbons (Fsp3) is 0.867. The molecule has 0 radical (unpaired) electrons. The Labute approximate surface area is 109 Å². The van der Waals surface area contributed by atoms with Gasteiger partial charge in [0.25, 0.3) is 0 Å². The Morgan fingerprint density at radius 2 is 1.53 bits per heavy atom. The number of allylic oxidation sites excluding steroid dienone is 2. The first-order chi connectivity index (χ1) is 7.72. The molecule has 0 aliphatic heterocycles. The zero-order valence-electron chi connectivity index (χ0n) is 12.7. The molecule has 0 unspecified atom stereocenters. The molecule has 0 bridgehead atoms. The van der Waals surface area contributed by atoms with Crippen molar-refractivity contribution in [3.05, 3.63) is 11.0 Å². The van der Waals surface area contributed by atoms with Gasteiger partial charge in [-0.2, -0.15) is 0 Å². The Hall–Kier alpha value is -0.0300. The van der Waals surface area contributed by atoms with Crippen molar-refractivity contribution in [3.63, 3.8) is 0 Å². The maximum atomic E-state index is 3.75. The molecular formula is C15H30NP. The molecule has 1 N–H and O–H groups in total. The predicted octanol–water partition coefficient (Wildman–Crippen LogP) is 5.07. The van der Waals surface area contributed by atoms with Gasteiger partial charge in [-0.1, -0.05) is 35.6 Å². The summed E-state index contributed by atoms with van der Waals surface area (Å²) in [5.41, 5.74) is 3.41. The second-order valence-corrected chi connectivity index (χ2v) is 10.2. The molecule has 0 spiro atoms. The molecule has 0 heterocycles. The summed E-state index contributed by atoms with van der Waals surface area (Å²) in [7, 11) is 0.0450. The molecule has 0 saturated heterocycles. The van der Waals surface area contributed by atoms with Gasteiger partial charge in [0, 0.05) is 11.2 Å². The van der Waals surface area contributed by atoms with Gasteiger partial charge in [0.05, 0.1) is 0 Å². The van der Waals surface area contributed by atoms with E-state index in [9.17, 15) is 0 Å². The van der Waals surface area contributed by atoms with E-state index in [-0.39, 0.29) is 13.5 Å². The van der Waals surface area contributed by atoms with Gasteiger partial charge in [-0.25, -0.2) is 0 Å². The van der Waals surface area contributed by atoms with E-state index < -0.39 is 0 Å². The Morgan fingerprint density at radius 1 is 1.00 bits per heavy atom. The lowest BCUT2D eigenvalue weighted by Gasteiger charge is -2.31. The first-order valence-electron chi connectivity index (χ1n) is 7.01. The van der Waals surface area contributed by atoms with Crippen LogP contribution in [0.25, 0.3) is 0 Å². The van der Waals surface area contributed by atoms with Crippen molar-refractivity contribution < 1.29 is 0 Å². The van der Waals surface area contributed by atoms with Gasteiger partial charge in [-0.3, -0.25) is 0 Å². The Morgan fingerprint density at radius 3 is 1.94 bits per heavy atom. The molecule has 1 nitrogen and oxygen atoms in total. The molecule has 0 aromatic heterocycles. The van der Waals surface area contributed by atoms with Crippen LogP contribution in [0.1, 0.15) is 67.7 Å². The van der Waals surface area contributed by atoms with Crippen molar-refractivity contribution in [2.24, 2.45) is 0 Å². The van der Waals surface area contributed by atoms with Gasteiger partial charge in [-0.05, 0) is 56.7 Å². The topological polar surface area (TPSA) is 12.0 Å². The highest BCUT2D eigenvalue weighted by atomic mass is 31.1. The van der Waals surface area contributed by atoms with Crippen LogP contribution >= 0.6 is 7.92 Å². The summed E-state index contributed by atoms with van der Waals surface area (Å²) < 4.78 is 0. The molecular weight excluding hydrogens is 225 g/mol. The van der Waals surface area contributed by atoms with Gasteiger partial charge in [0.2, 0.25) is 0 Å². The van der Waals surface area contributed by atoms with Gasteiger partial charge < -0.3 is 5.32 Å². The van der Waals surface area contributed by atoms with Gasteiger partial charge in [0.1, 0.15) is 0 Å². The van der Waals surface area contributed by atoms with E-state index in [1.807, 2.05) is 0 Å². The van der Waals surface area contributed by atoms with E-state index in [1.54, 1.807) is 11.0 Å². The largest absolute Gasteiger partial charge is 0.383 e. The maximum Gasteiger partial charge on any atom is 0.0286 e.